The standard InChI is InChI=1S/C20H27NO5/c1-13-11-21(19(22)20(23)25-3)12-16(13)14-8-9-17(24-2)18(10-14)26-15-6-4-5-7-15/h8-10,13,15-16H,4-7,11-12H2,1-3H3/t13-,16+/m0/s1. The van der Waals surface area contributed by atoms with Gasteiger partial charge in [-0.1, -0.05) is 13.0 Å². The van der Waals surface area contributed by atoms with Crippen molar-refractivity contribution in [2.75, 3.05) is 27.3 Å². The normalized spacial score (nSPS) is 23.1. The van der Waals surface area contributed by atoms with Crippen LogP contribution in [0.2, 0.25) is 0 Å². The van der Waals surface area contributed by atoms with Crippen LogP contribution < -0.4 is 9.47 Å². The Kier molecular flexibility index (Phi) is 5.69. The number of nitrogens with zero attached hydrogens (tertiary/aromatic N) is 1. The van der Waals surface area contributed by atoms with Gasteiger partial charge in [-0.3, -0.25) is 4.79 Å². The monoisotopic (exact) mass is 361 g/mol. The zero-order chi connectivity index (χ0) is 18.7. The van der Waals surface area contributed by atoms with Crippen molar-refractivity contribution in [3.05, 3.63) is 23.8 Å². The first kappa shape index (κ1) is 18.5. The Balaban J connectivity index is 1.77. The third-order valence-electron chi connectivity index (χ3n) is 5.47. The molecule has 0 bridgehead atoms. The molecule has 2 atom stereocenters. The zero-order valence-electron chi connectivity index (χ0n) is 15.7. The first-order valence-corrected chi connectivity index (χ1v) is 9.25. The van der Waals surface area contributed by atoms with Crippen molar-refractivity contribution < 1.29 is 23.8 Å². The lowest BCUT2D eigenvalue weighted by Gasteiger charge is -2.20. The number of hydrogen-bond donors (Lipinski definition) is 0. The third-order valence-corrected chi connectivity index (χ3v) is 5.47. The Hall–Kier alpha value is -2.24. The van der Waals surface area contributed by atoms with E-state index in [2.05, 4.69) is 11.7 Å². The van der Waals surface area contributed by atoms with Gasteiger partial charge in [0.25, 0.3) is 0 Å². The molecule has 1 aromatic carbocycles. The SMILES string of the molecule is COC(=O)C(=O)N1C[C@H](C)[C@H](c2ccc(OC)c(OC3CCCC3)c2)C1. The smallest absolute Gasteiger partial charge is 0.396 e. The Morgan fingerprint density at radius 1 is 1.08 bits per heavy atom. The fraction of sp³-hybridized carbons (Fsp3) is 0.600. The highest BCUT2D eigenvalue weighted by Gasteiger charge is 2.36. The largest absolute Gasteiger partial charge is 0.493 e. The van der Waals surface area contributed by atoms with E-state index in [1.807, 2.05) is 18.2 Å². The second-order valence-corrected chi connectivity index (χ2v) is 7.22. The van der Waals surface area contributed by atoms with E-state index < -0.39 is 11.9 Å². The van der Waals surface area contributed by atoms with Crippen molar-refractivity contribution in [2.24, 2.45) is 5.92 Å². The molecule has 0 unspecified atom stereocenters. The lowest BCUT2D eigenvalue weighted by molar-refractivity contribution is -0.157. The van der Waals surface area contributed by atoms with Gasteiger partial charge >= 0.3 is 11.9 Å². The molecule has 6 heteroatoms. The third kappa shape index (κ3) is 3.79. The van der Waals surface area contributed by atoms with Crippen LogP contribution in [0.3, 0.4) is 0 Å². The van der Waals surface area contributed by atoms with Gasteiger partial charge in [0.1, 0.15) is 0 Å². The highest BCUT2D eigenvalue weighted by Crippen LogP contribution is 2.38. The van der Waals surface area contributed by atoms with Crippen LogP contribution in [-0.2, 0) is 14.3 Å². The fourth-order valence-corrected chi connectivity index (χ4v) is 3.98. The van der Waals surface area contributed by atoms with Gasteiger partial charge in [-0.25, -0.2) is 4.79 Å². The number of rotatable bonds is 4. The molecule has 0 radical (unpaired) electrons. The van der Waals surface area contributed by atoms with E-state index in [-0.39, 0.29) is 17.9 Å². The molecule has 26 heavy (non-hydrogen) atoms. The summed E-state index contributed by atoms with van der Waals surface area (Å²) in [6, 6.07) is 5.98. The second-order valence-electron chi connectivity index (χ2n) is 7.22. The average molecular weight is 361 g/mol. The van der Waals surface area contributed by atoms with Gasteiger partial charge in [0, 0.05) is 19.0 Å². The number of ether oxygens (including phenoxy) is 3. The predicted octanol–water partition coefficient (Wildman–Crippen LogP) is 2.75. The Morgan fingerprint density at radius 2 is 1.81 bits per heavy atom. The first-order chi connectivity index (χ1) is 12.5. The molecule has 1 heterocycles. The molecule has 1 aromatic rings. The molecule has 142 valence electrons. The van der Waals surface area contributed by atoms with Gasteiger partial charge in [-0.15, -0.1) is 0 Å². The van der Waals surface area contributed by atoms with Crippen LogP contribution in [0.4, 0.5) is 0 Å². The van der Waals surface area contributed by atoms with Crippen LogP contribution in [0.25, 0.3) is 0 Å². The molecular formula is C20H27NO5. The van der Waals surface area contributed by atoms with Gasteiger partial charge in [-0.2, -0.15) is 0 Å². The summed E-state index contributed by atoms with van der Waals surface area (Å²) in [5, 5.41) is 0. The van der Waals surface area contributed by atoms with E-state index >= 15 is 0 Å². The molecule has 3 rings (SSSR count). The summed E-state index contributed by atoms with van der Waals surface area (Å²) in [5.74, 6) is 0.517. The fourth-order valence-electron chi connectivity index (χ4n) is 3.98. The van der Waals surface area contributed by atoms with Gasteiger partial charge < -0.3 is 19.1 Å². The summed E-state index contributed by atoms with van der Waals surface area (Å²) in [6.45, 7) is 3.14. The molecule has 1 amide bonds. The van der Waals surface area contributed by atoms with E-state index in [1.165, 1.54) is 20.0 Å². The number of esters is 1. The molecule has 6 nitrogen and oxygen atoms in total. The maximum absolute atomic E-state index is 12.1. The lowest BCUT2D eigenvalue weighted by Crippen LogP contribution is -2.35. The number of methoxy groups -OCH3 is 2. The highest BCUT2D eigenvalue weighted by atomic mass is 16.5. The van der Waals surface area contributed by atoms with E-state index in [0.717, 1.165) is 29.9 Å². The Labute approximate surface area is 154 Å². The lowest BCUT2D eigenvalue weighted by atomic mass is 9.90. The summed E-state index contributed by atoms with van der Waals surface area (Å²) in [5.41, 5.74) is 1.10. The molecule has 1 aliphatic carbocycles. The van der Waals surface area contributed by atoms with Gasteiger partial charge in [0.05, 0.1) is 20.3 Å². The quantitative estimate of drug-likeness (QED) is 0.609. The molecule has 1 saturated heterocycles. The number of benzene rings is 1. The summed E-state index contributed by atoms with van der Waals surface area (Å²) >= 11 is 0. The minimum Gasteiger partial charge on any atom is -0.493 e. The van der Waals surface area contributed by atoms with E-state index in [1.54, 1.807) is 12.0 Å². The average Bonchev–Trinajstić information content (AvgIpc) is 3.30. The first-order valence-electron chi connectivity index (χ1n) is 9.25. The topological polar surface area (TPSA) is 65.1 Å². The number of carbonyl (C=O) groups excluding carboxylic acids is 2. The minimum absolute atomic E-state index is 0.153. The predicted molar refractivity (Wildman–Crippen MR) is 96.4 cm³/mol. The van der Waals surface area contributed by atoms with E-state index in [9.17, 15) is 9.59 Å². The van der Waals surface area contributed by atoms with Crippen molar-refractivity contribution in [3.63, 3.8) is 0 Å². The number of hydrogen-bond acceptors (Lipinski definition) is 5. The molecular weight excluding hydrogens is 334 g/mol. The van der Waals surface area contributed by atoms with Crippen LogP contribution in [0.1, 0.15) is 44.1 Å². The van der Waals surface area contributed by atoms with Crippen molar-refractivity contribution in [3.8, 4) is 11.5 Å². The summed E-state index contributed by atoms with van der Waals surface area (Å²) < 4.78 is 16.2. The van der Waals surface area contributed by atoms with Crippen LogP contribution in [0.5, 0.6) is 11.5 Å². The molecule has 2 aliphatic rings. The Bertz CT molecular complexity index is 668. The highest BCUT2D eigenvalue weighted by molar-refractivity contribution is 6.32. The van der Waals surface area contributed by atoms with Crippen LogP contribution in [0, 0.1) is 5.92 Å². The summed E-state index contributed by atoms with van der Waals surface area (Å²) in [6.07, 6.45) is 4.81. The van der Waals surface area contributed by atoms with Crippen molar-refractivity contribution in [2.45, 2.75) is 44.6 Å². The van der Waals surface area contributed by atoms with Gasteiger partial charge in [0.15, 0.2) is 11.5 Å². The molecule has 0 N–H and O–H groups in total. The van der Waals surface area contributed by atoms with Gasteiger partial charge in [0.2, 0.25) is 0 Å². The Morgan fingerprint density at radius 3 is 2.46 bits per heavy atom. The molecule has 2 fully saturated rings. The molecule has 1 aliphatic heterocycles. The maximum atomic E-state index is 12.1. The molecule has 0 aromatic heterocycles. The van der Waals surface area contributed by atoms with E-state index in [0.29, 0.717) is 13.1 Å². The van der Waals surface area contributed by atoms with Crippen LogP contribution in [-0.4, -0.2) is 50.2 Å². The summed E-state index contributed by atoms with van der Waals surface area (Å²) in [4.78, 5) is 25.2. The molecule has 0 spiro atoms. The minimum atomic E-state index is -0.808. The van der Waals surface area contributed by atoms with Crippen LogP contribution >= 0.6 is 0 Å². The maximum Gasteiger partial charge on any atom is 0.396 e. The van der Waals surface area contributed by atoms with Crippen molar-refractivity contribution >= 4 is 11.9 Å². The molecule has 1 saturated carbocycles. The number of likely N-dealkylation sites (tertiary alicyclic amines) is 1. The van der Waals surface area contributed by atoms with Crippen LogP contribution in [0.15, 0.2) is 18.2 Å². The number of carbonyl (C=O) groups is 2. The van der Waals surface area contributed by atoms with Crippen molar-refractivity contribution in [1.82, 2.24) is 4.90 Å². The van der Waals surface area contributed by atoms with Crippen molar-refractivity contribution in [1.29, 1.82) is 0 Å². The van der Waals surface area contributed by atoms with E-state index in [4.69, 9.17) is 9.47 Å². The number of amides is 1. The second kappa shape index (κ2) is 7.98. The van der Waals surface area contributed by atoms with Gasteiger partial charge in [-0.05, 0) is 49.3 Å². The summed E-state index contributed by atoms with van der Waals surface area (Å²) in [7, 11) is 2.87. The zero-order valence-corrected chi connectivity index (χ0v) is 15.7.